The fourth-order valence-corrected chi connectivity index (χ4v) is 3.25. The van der Waals surface area contributed by atoms with Crippen molar-refractivity contribution >= 4 is 11.9 Å². The fourth-order valence-electron chi connectivity index (χ4n) is 3.25. The third-order valence-corrected chi connectivity index (χ3v) is 4.45. The molecule has 0 saturated carbocycles. The molecule has 1 saturated heterocycles. The van der Waals surface area contributed by atoms with Crippen molar-refractivity contribution in [1.29, 1.82) is 5.41 Å². The highest BCUT2D eigenvalue weighted by atomic mass is 16.3. The second kappa shape index (κ2) is 5.94. The predicted octanol–water partition coefficient (Wildman–Crippen LogP) is 3.09. The molecule has 0 radical (unpaired) electrons. The minimum absolute atomic E-state index is 0.0640. The van der Waals surface area contributed by atoms with E-state index in [-0.39, 0.29) is 18.4 Å². The van der Waals surface area contributed by atoms with Gasteiger partial charge in [-0.3, -0.25) is 15.1 Å². The molecule has 2 N–H and O–H groups in total. The molecule has 5 heteroatoms. The standard InChI is InChI=1S/C20H17N3O2/c21-19-22-20(15-8-3-1-4-9-15,16-10-5-2-6-11-16)18(24)23(19)14-17-12-7-13-25-17/h1-13H,14H2,(H2,21,22). The maximum Gasteiger partial charge on any atom is 0.264 e. The maximum absolute atomic E-state index is 13.4. The average molecular weight is 331 g/mol. The Labute approximate surface area is 145 Å². The van der Waals surface area contributed by atoms with Gasteiger partial charge >= 0.3 is 0 Å². The van der Waals surface area contributed by atoms with Crippen molar-refractivity contribution in [1.82, 2.24) is 10.2 Å². The van der Waals surface area contributed by atoms with E-state index in [0.717, 1.165) is 11.1 Å². The molecule has 1 amide bonds. The van der Waals surface area contributed by atoms with E-state index in [1.807, 2.05) is 60.7 Å². The second-order valence-corrected chi connectivity index (χ2v) is 5.93. The van der Waals surface area contributed by atoms with Gasteiger partial charge in [0.2, 0.25) is 0 Å². The van der Waals surface area contributed by atoms with Gasteiger partial charge in [-0.25, -0.2) is 0 Å². The maximum atomic E-state index is 13.4. The number of hydrogen-bond donors (Lipinski definition) is 2. The van der Waals surface area contributed by atoms with Crippen LogP contribution in [0.25, 0.3) is 0 Å². The molecule has 3 aromatic rings. The van der Waals surface area contributed by atoms with Gasteiger partial charge in [-0.1, -0.05) is 60.7 Å². The summed E-state index contributed by atoms with van der Waals surface area (Å²) in [7, 11) is 0. The first kappa shape index (κ1) is 15.2. The van der Waals surface area contributed by atoms with E-state index in [4.69, 9.17) is 9.83 Å². The molecule has 2 heterocycles. The molecule has 0 atom stereocenters. The van der Waals surface area contributed by atoms with Crippen molar-refractivity contribution in [3.8, 4) is 0 Å². The first-order valence-corrected chi connectivity index (χ1v) is 8.04. The third-order valence-electron chi connectivity index (χ3n) is 4.45. The van der Waals surface area contributed by atoms with Crippen molar-refractivity contribution in [2.24, 2.45) is 0 Å². The van der Waals surface area contributed by atoms with Crippen LogP contribution in [-0.4, -0.2) is 16.8 Å². The molecule has 4 rings (SSSR count). The van der Waals surface area contributed by atoms with Gasteiger partial charge in [-0.05, 0) is 23.3 Å². The second-order valence-electron chi connectivity index (χ2n) is 5.93. The zero-order valence-electron chi connectivity index (χ0n) is 13.5. The summed E-state index contributed by atoms with van der Waals surface area (Å²) in [5.41, 5.74) is 0.502. The molecular weight excluding hydrogens is 314 g/mol. The Balaban J connectivity index is 1.82. The number of nitrogens with zero attached hydrogens (tertiary/aromatic N) is 1. The minimum Gasteiger partial charge on any atom is -0.467 e. The number of rotatable bonds is 4. The first-order chi connectivity index (χ1) is 12.2. The van der Waals surface area contributed by atoms with Gasteiger partial charge in [-0.15, -0.1) is 0 Å². The number of nitrogens with one attached hydrogen (secondary N) is 2. The van der Waals surface area contributed by atoms with Crippen LogP contribution in [0.15, 0.2) is 83.5 Å². The van der Waals surface area contributed by atoms with Crippen LogP contribution in [0.2, 0.25) is 0 Å². The van der Waals surface area contributed by atoms with E-state index in [0.29, 0.717) is 5.76 Å². The van der Waals surface area contributed by atoms with Crippen LogP contribution in [-0.2, 0) is 16.9 Å². The third kappa shape index (κ3) is 2.41. The molecule has 124 valence electrons. The largest absolute Gasteiger partial charge is 0.467 e. The Morgan fingerprint density at radius 3 is 2.04 bits per heavy atom. The molecule has 0 unspecified atom stereocenters. The van der Waals surface area contributed by atoms with Gasteiger partial charge in [0, 0.05) is 0 Å². The summed E-state index contributed by atoms with van der Waals surface area (Å²) in [5, 5.41) is 11.5. The quantitative estimate of drug-likeness (QED) is 0.772. The summed E-state index contributed by atoms with van der Waals surface area (Å²) in [4.78, 5) is 14.9. The van der Waals surface area contributed by atoms with Crippen LogP contribution in [0.1, 0.15) is 16.9 Å². The summed E-state index contributed by atoms with van der Waals surface area (Å²) >= 11 is 0. The van der Waals surface area contributed by atoms with Crippen LogP contribution in [0.3, 0.4) is 0 Å². The summed E-state index contributed by atoms with van der Waals surface area (Å²) in [6, 6.07) is 22.6. The van der Waals surface area contributed by atoms with Crippen molar-refractivity contribution < 1.29 is 9.21 Å². The van der Waals surface area contributed by atoms with Crippen molar-refractivity contribution in [3.63, 3.8) is 0 Å². The normalized spacial score (nSPS) is 16.1. The van der Waals surface area contributed by atoms with E-state index in [1.165, 1.54) is 4.90 Å². The molecule has 2 aromatic carbocycles. The van der Waals surface area contributed by atoms with E-state index in [1.54, 1.807) is 18.4 Å². The Bertz CT molecular complexity index is 850. The summed E-state index contributed by atoms with van der Waals surface area (Å²) in [5.74, 6) is 0.511. The lowest BCUT2D eigenvalue weighted by Gasteiger charge is -2.28. The SMILES string of the molecule is N=C1NC(c2ccccc2)(c2ccccc2)C(=O)N1Cc1ccco1. The number of hydrogen-bond acceptors (Lipinski definition) is 3. The zero-order valence-corrected chi connectivity index (χ0v) is 13.5. The molecule has 1 aliphatic rings. The monoisotopic (exact) mass is 331 g/mol. The number of amides is 1. The van der Waals surface area contributed by atoms with Gasteiger partial charge in [0.1, 0.15) is 5.76 Å². The van der Waals surface area contributed by atoms with E-state index >= 15 is 0 Å². The van der Waals surface area contributed by atoms with Gasteiger partial charge in [0.15, 0.2) is 11.5 Å². The van der Waals surface area contributed by atoms with Crippen LogP contribution in [0, 0.1) is 5.41 Å². The zero-order chi connectivity index (χ0) is 17.3. The highest BCUT2D eigenvalue weighted by molar-refractivity contribution is 6.10. The fraction of sp³-hybridized carbons (Fsp3) is 0.100. The molecule has 25 heavy (non-hydrogen) atoms. The van der Waals surface area contributed by atoms with Gasteiger partial charge in [-0.2, -0.15) is 0 Å². The van der Waals surface area contributed by atoms with Crippen molar-refractivity contribution in [2.45, 2.75) is 12.1 Å². The number of carbonyl (C=O) groups is 1. The molecule has 1 aromatic heterocycles. The number of benzene rings is 2. The van der Waals surface area contributed by atoms with Gasteiger partial charge in [0.25, 0.3) is 5.91 Å². The van der Waals surface area contributed by atoms with E-state index < -0.39 is 5.54 Å². The predicted molar refractivity (Wildman–Crippen MR) is 93.8 cm³/mol. The minimum atomic E-state index is -1.10. The Morgan fingerprint density at radius 1 is 0.920 bits per heavy atom. The van der Waals surface area contributed by atoms with Crippen molar-refractivity contribution in [3.05, 3.63) is 95.9 Å². The van der Waals surface area contributed by atoms with Crippen LogP contribution >= 0.6 is 0 Å². The number of furan rings is 1. The van der Waals surface area contributed by atoms with E-state index in [2.05, 4.69) is 5.32 Å². The lowest BCUT2D eigenvalue weighted by molar-refractivity contribution is -0.130. The smallest absolute Gasteiger partial charge is 0.264 e. The van der Waals surface area contributed by atoms with Crippen LogP contribution in [0.4, 0.5) is 0 Å². The van der Waals surface area contributed by atoms with Gasteiger partial charge < -0.3 is 9.73 Å². The van der Waals surface area contributed by atoms with Crippen LogP contribution < -0.4 is 5.32 Å². The number of carbonyl (C=O) groups excluding carboxylic acids is 1. The van der Waals surface area contributed by atoms with Crippen LogP contribution in [0.5, 0.6) is 0 Å². The Hall–Kier alpha value is -3.34. The van der Waals surface area contributed by atoms with E-state index in [9.17, 15) is 4.79 Å². The highest BCUT2D eigenvalue weighted by Gasteiger charge is 2.52. The van der Waals surface area contributed by atoms with Crippen molar-refractivity contribution in [2.75, 3.05) is 0 Å². The summed E-state index contributed by atoms with van der Waals surface area (Å²) in [6.07, 6.45) is 1.56. The lowest BCUT2D eigenvalue weighted by Crippen LogP contribution is -2.45. The Morgan fingerprint density at radius 2 is 1.52 bits per heavy atom. The molecule has 1 aliphatic heterocycles. The first-order valence-electron chi connectivity index (χ1n) is 8.04. The summed E-state index contributed by atoms with van der Waals surface area (Å²) < 4.78 is 5.35. The highest BCUT2D eigenvalue weighted by Crippen LogP contribution is 2.36. The molecule has 1 fully saturated rings. The van der Waals surface area contributed by atoms with Gasteiger partial charge in [0.05, 0.1) is 12.8 Å². The molecule has 0 aliphatic carbocycles. The Kier molecular flexibility index (Phi) is 3.61. The number of guanidine groups is 1. The molecular formula is C20H17N3O2. The molecule has 5 nitrogen and oxygen atoms in total. The summed E-state index contributed by atoms with van der Waals surface area (Å²) in [6.45, 7) is 0.221. The lowest BCUT2D eigenvalue weighted by atomic mass is 9.82. The topological polar surface area (TPSA) is 69.3 Å². The molecule has 0 spiro atoms. The molecule has 0 bridgehead atoms. The average Bonchev–Trinajstić information content (AvgIpc) is 3.26.